The van der Waals surface area contributed by atoms with E-state index in [1.807, 2.05) is 0 Å². The number of esters is 1. The highest BCUT2D eigenvalue weighted by atomic mass is 32.2. The van der Waals surface area contributed by atoms with E-state index in [1.54, 1.807) is 0 Å². The van der Waals surface area contributed by atoms with E-state index in [-0.39, 0.29) is 11.6 Å². The number of carbonyl (C=O) groups is 2. The average molecular weight is 455 g/mol. The minimum absolute atomic E-state index is 0.0436. The van der Waals surface area contributed by atoms with Crippen LogP contribution in [0.2, 0.25) is 0 Å². The van der Waals surface area contributed by atoms with E-state index in [4.69, 9.17) is 4.74 Å². The first-order valence-electron chi connectivity index (χ1n) is 11.0. The van der Waals surface area contributed by atoms with Crippen LogP contribution in [0.4, 0.5) is 4.39 Å². The van der Waals surface area contributed by atoms with Gasteiger partial charge in [-0.2, -0.15) is 4.31 Å². The maximum absolute atomic E-state index is 14.3. The molecule has 3 rings (SSSR count). The number of rotatable bonds is 6. The van der Waals surface area contributed by atoms with Gasteiger partial charge in [0.25, 0.3) is 5.91 Å². The Morgan fingerprint density at radius 2 is 1.84 bits per heavy atom. The van der Waals surface area contributed by atoms with Gasteiger partial charge in [0.05, 0.1) is 5.56 Å². The number of amides is 1. The van der Waals surface area contributed by atoms with Crippen molar-refractivity contribution >= 4 is 21.9 Å². The van der Waals surface area contributed by atoms with Crippen molar-refractivity contribution in [3.8, 4) is 0 Å². The second kappa shape index (κ2) is 10.1. The smallest absolute Gasteiger partial charge is 0.338 e. The van der Waals surface area contributed by atoms with Crippen LogP contribution in [0.25, 0.3) is 0 Å². The molecule has 1 saturated heterocycles. The van der Waals surface area contributed by atoms with E-state index >= 15 is 0 Å². The van der Waals surface area contributed by atoms with Gasteiger partial charge in [-0.3, -0.25) is 4.79 Å². The Labute approximate surface area is 183 Å². The molecule has 31 heavy (non-hydrogen) atoms. The van der Waals surface area contributed by atoms with E-state index in [0.717, 1.165) is 56.7 Å². The van der Waals surface area contributed by atoms with Gasteiger partial charge in [0.1, 0.15) is 10.7 Å². The first-order valence-corrected chi connectivity index (χ1v) is 12.4. The maximum atomic E-state index is 14.3. The fourth-order valence-corrected chi connectivity index (χ4v) is 5.93. The minimum Gasteiger partial charge on any atom is -0.452 e. The number of piperidine rings is 1. The highest BCUT2D eigenvalue weighted by molar-refractivity contribution is 7.89. The molecule has 172 valence electrons. The van der Waals surface area contributed by atoms with Crippen molar-refractivity contribution in [1.29, 1.82) is 0 Å². The number of carbonyl (C=O) groups excluding carboxylic acids is 2. The fraction of sp³-hybridized carbons (Fsp3) is 0.636. The van der Waals surface area contributed by atoms with E-state index in [1.165, 1.54) is 4.31 Å². The summed E-state index contributed by atoms with van der Waals surface area (Å²) >= 11 is 0. The molecule has 1 aliphatic carbocycles. The van der Waals surface area contributed by atoms with E-state index in [2.05, 4.69) is 19.2 Å². The van der Waals surface area contributed by atoms with Crippen LogP contribution in [0.5, 0.6) is 0 Å². The van der Waals surface area contributed by atoms with Gasteiger partial charge >= 0.3 is 5.97 Å². The molecule has 0 radical (unpaired) electrons. The molecule has 2 aliphatic rings. The number of nitrogens with one attached hydrogen (secondary N) is 1. The zero-order valence-electron chi connectivity index (χ0n) is 18.1. The molecule has 1 amide bonds. The van der Waals surface area contributed by atoms with Gasteiger partial charge in [-0.1, -0.05) is 33.1 Å². The zero-order chi connectivity index (χ0) is 22.6. The number of nitrogens with zero attached hydrogens (tertiary/aromatic N) is 1. The second-order valence-corrected chi connectivity index (χ2v) is 10.5. The summed E-state index contributed by atoms with van der Waals surface area (Å²) in [6.07, 6.45) is 5.43. The highest BCUT2D eigenvalue weighted by Gasteiger charge is 2.30. The SMILES string of the molecule is C[C@@H]1[C@H](C)CCC[C@@H]1NC(=O)COC(=O)c1ccc(F)c(S(=O)(=O)N2CCCCC2)c1. The van der Waals surface area contributed by atoms with Gasteiger partial charge in [0.15, 0.2) is 6.61 Å². The van der Waals surface area contributed by atoms with E-state index < -0.39 is 39.2 Å². The highest BCUT2D eigenvalue weighted by Crippen LogP contribution is 2.29. The van der Waals surface area contributed by atoms with Gasteiger partial charge in [0.2, 0.25) is 10.0 Å². The zero-order valence-corrected chi connectivity index (χ0v) is 18.9. The van der Waals surface area contributed by atoms with Crippen molar-refractivity contribution in [3.63, 3.8) is 0 Å². The maximum Gasteiger partial charge on any atom is 0.338 e. The molecular formula is C22H31FN2O5S. The van der Waals surface area contributed by atoms with Crippen LogP contribution in [-0.4, -0.2) is 50.3 Å². The summed E-state index contributed by atoms with van der Waals surface area (Å²) in [5.74, 6) is -1.33. The standard InChI is InChI=1S/C22H31FN2O5S/c1-15-7-6-8-19(16(15)2)24-21(26)14-30-22(27)17-9-10-18(23)20(13-17)31(28,29)25-11-4-3-5-12-25/h9-10,13,15-16,19H,3-8,11-12,14H2,1-2H3,(H,24,26)/t15-,16-,19+/m1/s1. The number of hydrogen-bond acceptors (Lipinski definition) is 5. The van der Waals surface area contributed by atoms with Crippen LogP contribution in [0.1, 0.15) is 62.7 Å². The molecule has 0 unspecified atom stereocenters. The Morgan fingerprint density at radius 1 is 1.13 bits per heavy atom. The predicted octanol–water partition coefficient (Wildman–Crippen LogP) is 3.10. The molecule has 1 heterocycles. The molecule has 9 heteroatoms. The van der Waals surface area contributed by atoms with E-state index in [9.17, 15) is 22.4 Å². The molecule has 1 N–H and O–H groups in total. The van der Waals surface area contributed by atoms with Crippen LogP contribution < -0.4 is 5.32 Å². The summed E-state index contributed by atoms with van der Waals surface area (Å²) in [6.45, 7) is 4.45. The monoisotopic (exact) mass is 454 g/mol. The van der Waals surface area contributed by atoms with Gasteiger partial charge in [0, 0.05) is 19.1 Å². The molecule has 1 aliphatic heterocycles. The van der Waals surface area contributed by atoms with Crippen molar-refractivity contribution in [2.45, 2.75) is 63.3 Å². The molecule has 1 aromatic carbocycles. The quantitative estimate of drug-likeness (QED) is 0.667. The lowest BCUT2D eigenvalue weighted by Gasteiger charge is -2.34. The topological polar surface area (TPSA) is 92.8 Å². The lowest BCUT2D eigenvalue weighted by atomic mass is 9.78. The predicted molar refractivity (Wildman–Crippen MR) is 113 cm³/mol. The number of benzene rings is 1. The summed E-state index contributed by atoms with van der Waals surface area (Å²) in [5, 5.41) is 2.91. The van der Waals surface area contributed by atoms with Gasteiger partial charge in [-0.15, -0.1) is 0 Å². The average Bonchev–Trinajstić information content (AvgIpc) is 2.76. The summed E-state index contributed by atoms with van der Waals surface area (Å²) in [5.41, 5.74) is -0.107. The Bertz CT molecular complexity index is 914. The molecule has 2 fully saturated rings. The molecular weight excluding hydrogens is 423 g/mol. The third-order valence-corrected chi connectivity index (χ3v) is 8.40. The number of sulfonamides is 1. The normalized spacial score (nSPS) is 25.1. The van der Waals surface area contributed by atoms with Crippen molar-refractivity contribution in [2.24, 2.45) is 11.8 Å². The van der Waals surface area contributed by atoms with Crippen LogP contribution >= 0.6 is 0 Å². The third-order valence-electron chi connectivity index (χ3n) is 6.49. The number of hydrogen-bond donors (Lipinski definition) is 1. The number of ether oxygens (including phenoxy) is 1. The van der Waals surface area contributed by atoms with Gasteiger partial charge < -0.3 is 10.1 Å². The Hall–Kier alpha value is -2.00. The molecule has 3 atom stereocenters. The summed E-state index contributed by atoms with van der Waals surface area (Å²) in [4.78, 5) is 24.1. The molecule has 0 spiro atoms. The van der Waals surface area contributed by atoms with Crippen LogP contribution in [0.15, 0.2) is 23.1 Å². The molecule has 1 saturated carbocycles. The molecule has 7 nitrogen and oxygen atoms in total. The summed E-state index contributed by atoms with van der Waals surface area (Å²) in [6, 6.07) is 3.14. The Kier molecular flexibility index (Phi) is 7.69. The van der Waals surface area contributed by atoms with Crippen molar-refractivity contribution in [3.05, 3.63) is 29.6 Å². The van der Waals surface area contributed by atoms with E-state index in [0.29, 0.717) is 24.9 Å². The molecule has 0 aromatic heterocycles. The summed E-state index contributed by atoms with van der Waals surface area (Å²) < 4.78 is 46.2. The lowest BCUT2D eigenvalue weighted by molar-refractivity contribution is -0.125. The van der Waals surface area contributed by atoms with Gasteiger partial charge in [-0.05, 0) is 49.3 Å². The first-order chi connectivity index (χ1) is 14.7. The molecule has 0 bridgehead atoms. The van der Waals surface area contributed by atoms with Gasteiger partial charge in [-0.25, -0.2) is 17.6 Å². The Morgan fingerprint density at radius 3 is 2.55 bits per heavy atom. The van der Waals surface area contributed by atoms with Crippen LogP contribution in [0.3, 0.4) is 0 Å². The fourth-order valence-electron chi connectivity index (χ4n) is 4.32. The largest absolute Gasteiger partial charge is 0.452 e. The van der Waals surface area contributed by atoms with Crippen molar-refractivity contribution in [2.75, 3.05) is 19.7 Å². The van der Waals surface area contributed by atoms with Crippen LogP contribution in [0, 0.1) is 17.7 Å². The first kappa shape index (κ1) is 23.7. The minimum atomic E-state index is -4.04. The molecule has 1 aromatic rings. The van der Waals surface area contributed by atoms with Crippen LogP contribution in [-0.2, 0) is 19.6 Å². The van der Waals surface area contributed by atoms with Crippen molar-refractivity contribution in [1.82, 2.24) is 9.62 Å². The summed E-state index contributed by atoms with van der Waals surface area (Å²) in [7, 11) is -4.04. The number of halogens is 1. The second-order valence-electron chi connectivity index (χ2n) is 8.63. The van der Waals surface area contributed by atoms with Crippen molar-refractivity contribution < 1.29 is 27.1 Å². The Balaban J connectivity index is 1.63. The lowest BCUT2D eigenvalue weighted by Crippen LogP contribution is -2.45. The third kappa shape index (κ3) is 5.63.